The number of methoxy groups -OCH3 is 1. The molecule has 2 rings (SSSR count). The van der Waals surface area contributed by atoms with Gasteiger partial charge in [0.2, 0.25) is 0 Å². The lowest BCUT2D eigenvalue weighted by Gasteiger charge is -2.12. The van der Waals surface area contributed by atoms with Gasteiger partial charge in [0.25, 0.3) is 0 Å². The van der Waals surface area contributed by atoms with Crippen LogP contribution in [0.4, 0.5) is 5.82 Å². The minimum absolute atomic E-state index is 0.158. The molecule has 1 aromatic heterocycles. The maximum atomic E-state index is 11.1. The summed E-state index contributed by atoms with van der Waals surface area (Å²) in [6, 6.07) is 7.91. The summed E-state index contributed by atoms with van der Waals surface area (Å²) in [5.41, 5.74) is 2.42. The molecule has 0 atom stereocenters. The molecule has 0 saturated heterocycles. The second-order valence-corrected chi connectivity index (χ2v) is 4.86. The van der Waals surface area contributed by atoms with Crippen LogP contribution in [0.25, 0.3) is 0 Å². The van der Waals surface area contributed by atoms with Gasteiger partial charge in [-0.1, -0.05) is 35.9 Å². The van der Waals surface area contributed by atoms with Crippen molar-refractivity contribution in [1.82, 2.24) is 9.97 Å². The van der Waals surface area contributed by atoms with E-state index in [0.29, 0.717) is 31.1 Å². The number of rotatable bonds is 6. The van der Waals surface area contributed by atoms with Gasteiger partial charge in [-0.15, -0.1) is 0 Å². The van der Waals surface area contributed by atoms with E-state index in [4.69, 9.17) is 16.3 Å². The first-order valence-corrected chi connectivity index (χ1v) is 6.82. The molecule has 0 fully saturated rings. The molecule has 1 heterocycles. The van der Waals surface area contributed by atoms with Crippen molar-refractivity contribution in [2.45, 2.75) is 20.1 Å². The lowest BCUT2D eigenvalue weighted by Crippen LogP contribution is -2.09. The van der Waals surface area contributed by atoms with Gasteiger partial charge >= 0.3 is 0 Å². The largest absolute Gasteiger partial charge is 0.380 e. The van der Waals surface area contributed by atoms with Crippen LogP contribution in [0, 0.1) is 6.92 Å². The van der Waals surface area contributed by atoms with Crippen molar-refractivity contribution in [3.05, 3.63) is 51.9 Å². The molecule has 0 radical (unpaired) electrons. The maximum Gasteiger partial charge on any atom is 0.156 e. The van der Waals surface area contributed by atoms with Crippen LogP contribution in [0.1, 0.15) is 27.3 Å². The van der Waals surface area contributed by atoms with Crippen molar-refractivity contribution in [2.24, 2.45) is 0 Å². The number of anilines is 1. The zero-order valence-electron chi connectivity index (χ0n) is 11.9. The molecule has 0 saturated carbocycles. The lowest BCUT2D eigenvalue weighted by molar-refractivity contribution is 0.112. The molecule has 0 unspecified atom stereocenters. The number of aldehydes is 1. The van der Waals surface area contributed by atoms with Crippen LogP contribution in [-0.2, 0) is 17.9 Å². The Hall–Kier alpha value is -1.98. The first-order valence-electron chi connectivity index (χ1n) is 6.44. The average molecular weight is 306 g/mol. The van der Waals surface area contributed by atoms with E-state index in [1.165, 1.54) is 0 Å². The Kier molecular flexibility index (Phi) is 5.25. The van der Waals surface area contributed by atoms with E-state index in [2.05, 4.69) is 15.3 Å². The van der Waals surface area contributed by atoms with Gasteiger partial charge < -0.3 is 10.1 Å². The topological polar surface area (TPSA) is 64.1 Å². The summed E-state index contributed by atoms with van der Waals surface area (Å²) in [4.78, 5) is 19.3. The molecular weight excluding hydrogens is 290 g/mol. The minimum atomic E-state index is 0.158. The van der Waals surface area contributed by atoms with Gasteiger partial charge in [0.1, 0.15) is 16.8 Å². The quantitative estimate of drug-likeness (QED) is 0.656. The van der Waals surface area contributed by atoms with E-state index in [0.717, 1.165) is 11.1 Å². The highest BCUT2D eigenvalue weighted by atomic mass is 35.5. The number of aryl methyl sites for hydroxylation is 1. The molecule has 5 nitrogen and oxygen atoms in total. The summed E-state index contributed by atoms with van der Waals surface area (Å²) in [7, 11) is 1.66. The van der Waals surface area contributed by atoms with Gasteiger partial charge in [-0.3, -0.25) is 4.79 Å². The predicted octanol–water partition coefficient (Wildman–Crippen LogP) is 3.01. The number of carbonyl (C=O) groups is 1. The summed E-state index contributed by atoms with van der Waals surface area (Å²) < 4.78 is 5.17. The fourth-order valence-electron chi connectivity index (χ4n) is 1.99. The highest BCUT2D eigenvalue weighted by Gasteiger charge is 2.11. The number of aromatic nitrogens is 2. The molecule has 1 N–H and O–H groups in total. The Bertz CT molecular complexity index is 647. The molecule has 1 aromatic carbocycles. The molecule has 0 amide bonds. The highest BCUT2D eigenvalue weighted by molar-refractivity contribution is 6.32. The van der Waals surface area contributed by atoms with Crippen LogP contribution < -0.4 is 5.32 Å². The number of benzene rings is 1. The van der Waals surface area contributed by atoms with Crippen LogP contribution >= 0.6 is 11.6 Å². The van der Waals surface area contributed by atoms with Gasteiger partial charge in [-0.05, 0) is 18.1 Å². The third-order valence-corrected chi connectivity index (χ3v) is 3.28. The van der Waals surface area contributed by atoms with Gasteiger partial charge in [-0.2, -0.15) is 0 Å². The van der Waals surface area contributed by atoms with Crippen molar-refractivity contribution >= 4 is 23.7 Å². The van der Waals surface area contributed by atoms with Crippen molar-refractivity contribution in [3.8, 4) is 0 Å². The summed E-state index contributed by atoms with van der Waals surface area (Å²) in [5, 5.41) is 3.30. The predicted molar refractivity (Wildman–Crippen MR) is 81.6 cm³/mol. The molecular formula is C15H16ClN3O2. The minimum Gasteiger partial charge on any atom is -0.380 e. The fraction of sp³-hybridized carbons (Fsp3) is 0.267. The zero-order chi connectivity index (χ0) is 15.2. The normalized spacial score (nSPS) is 10.4. The molecule has 0 aliphatic heterocycles. The summed E-state index contributed by atoms with van der Waals surface area (Å²) in [6.45, 7) is 2.78. The van der Waals surface area contributed by atoms with E-state index in [1.54, 1.807) is 14.0 Å². The maximum absolute atomic E-state index is 11.1. The van der Waals surface area contributed by atoms with Crippen molar-refractivity contribution < 1.29 is 9.53 Å². The molecule has 0 bridgehead atoms. The van der Waals surface area contributed by atoms with Crippen molar-refractivity contribution in [3.63, 3.8) is 0 Å². The molecule has 110 valence electrons. The monoisotopic (exact) mass is 305 g/mol. The Labute approximate surface area is 128 Å². The van der Waals surface area contributed by atoms with Crippen molar-refractivity contribution in [2.75, 3.05) is 12.4 Å². The zero-order valence-corrected chi connectivity index (χ0v) is 12.6. The number of nitrogens with one attached hydrogen (secondary N) is 1. The van der Waals surface area contributed by atoms with Gasteiger partial charge in [0.05, 0.1) is 12.2 Å². The van der Waals surface area contributed by atoms with E-state index in [9.17, 15) is 4.79 Å². The lowest BCUT2D eigenvalue weighted by atomic mass is 10.1. The summed E-state index contributed by atoms with van der Waals surface area (Å²) in [6.07, 6.45) is 0.658. The first kappa shape index (κ1) is 15.4. The number of ether oxygens (including phenoxy) is 1. The van der Waals surface area contributed by atoms with Crippen LogP contribution in [0.3, 0.4) is 0 Å². The van der Waals surface area contributed by atoms with Gasteiger partial charge in [0, 0.05) is 13.7 Å². The Morgan fingerprint density at radius 3 is 2.67 bits per heavy atom. The second-order valence-electron chi connectivity index (χ2n) is 4.50. The number of nitrogens with zero attached hydrogens (tertiary/aromatic N) is 2. The van der Waals surface area contributed by atoms with E-state index in [-0.39, 0.29) is 10.7 Å². The van der Waals surface area contributed by atoms with Crippen LogP contribution in [0.5, 0.6) is 0 Å². The molecule has 0 aliphatic carbocycles. The standard InChI is InChI=1S/C15H16ClN3O2/c1-10-18-14(16)13(8-20)15(19-10)17-7-11-5-3-4-6-12(11)9-21-2/h3-6,8H,7,9H2,1-2H3,(H,17,18,19). The molecule has 6 heteroatoms. The molecule has 21 heavy (non-hydrogen) atoms. The Balaban J connectivity index is 2.22. The highest BCUT2D eigenvalue weighted by Crippen LogP contribution is 2.20. The SMILES string of the molecule is COCc1ccccc1CNc1nc(C)nc(Cl)c1C=O. The molecule has 0 spiro atoms. The average Bonchev–Trinajstić information content (AvgIpc) is 2.46. The second kappa shape index (κ2) is 7.15. The van der Waals surface area contributed by atoms with Gasteiger partial charge in [-0.25, -0.2) is 9.97 Å². The van der Waals surface area contributed by atoms with E-state index in [1.807, 2.05) is 24.3 Å². The Morgan fingerprint density at radius 1 is 1.29 bits per heavy atom. The number of halogens is 1. The third kappa shape index (κ3) is 3.77. The van der Waals surface area contributed by atoms with Crippen molar-refractivity contribution in [1.29, 1.82) is 0 Å². The number of hydrogen-bond donors (Lipinski definition) is 1. The Morgan fingerprint density at radius 2 is 2.00 bits per heavy atom. The van der Waals surface area contributed by atoms with Crippen LogP contribution in [-0.4, -0.2) is 23.4 Å². The molecule has 2 aromatic rings. The third-order valence-electron chi connectivity index (χ3n) is 2.99. The molecule has 0 aliphatic rings. The van der Waals surface area contributed by atoms with E-state index >= 15 is 0 Å². The van der Waals surface area contributed by atoms with Gasteiger partial charge in [0.15, 0.2) is 6.29 Å². The first-order chi connectivity index (χ1) is 10.2. The summed E-state index contributed by atoms with van der Waals surface area (Å²) in [5.74, 6) is 0.952. The number of hydrogen-bond acceptors (Lipinski definition) is 5. The smallest absolute Gasteiger partial charge is 0.156 e. The van der Waals surface area contributed by atoms with E-state index < -0.39 is 0 Å². The summed E-state index contributed by atoms with van der Waals surface area (Å²) >= 11 is 5.96. The fourth-order valence-corrected chi connectivity index (χ4v) is 2.25. The number of carbonyl (C=O) groups excluding carboxylic acids is 1. The van der Waals surface area contributed by atoms with Crippen LogP contribution in [0.15, 0.2) is 24.3 Å². The van der Waals surface area contributed by atoms with Crippen LogP contribution in [0.2, 0.25) is 5.15 Å².